The lowest BCUT2D eigenvalue weighted by Crippen LogP contribution is -2.12. The Balaban J connectivity index is 0.00000127. The zero-order valence-electron chi connectivity index (χ0n) is 13.8. The van der Waals surface area contributed by atoms with E-state index < -0.39 is 0 Å². The molecule has 0 heterocycles. The van der Waals surface area contributed by atoms with Gasteiger partial charge in [-0.1, -0.05) is 6.92 Å². The number of carbonyl (C=O) groups is 1. The molecule has 0 saturated carbocycles. The zero-order chi connectivity index (χ0) is 17.2. The summed E-state index contributed by atoms with van der Waals surface area (Å²) in [5.41, 5.74) is 8.68. The lowest BCUT2D eigenvalue weighted by molar-refractivity contribution is 0.102. The van der Waals surface area contributed by atoms with Gasteiger partial charge in [-0.15, -0.1) is 13.2 Å². The maximum Gasteiger partial charge on any atom is 0.255 e. The summed E-state index contributed by atoms with van der Waals surface area (Å²) in [6.07, 6.45) is 0.957. The number of hydrogen-bond acceptors (Lipinski definition) is 3. The molecule has 23 heavy (non-hydrogen) atoms. The van der Waals surface area contributed by atoms with Crippen molar-refractivity contribution >= 4 is 17.3 Å². The van der Waals surface area contributed by atoms with Gasteiger partial charge < -0.3 is 15.8 Å². The van der Waals surface area contributed by atoms with E-state index in [1.165, 1.54) is 0 Å². The molecule has 0 aliphatic heterocycles. The smallest absolute Gasteiger partial charge is 0.255 e. The van der Waals surface area contributed by atoms with Gasteiger partial charge in [-0.05, 0) is 61.4 Å². The third-order valence-corrected chi connectivity index (χ3v) is 3.09. The number of ether oxygens (including phenoxy) is 1. The van der Waals surface area contributed by atoms with Crippen molar-refractivity contribution in [2.75, 3.05) is 17.7 Å². The van der Waals surface area contributed by atoms with E-state index in [0.29, 0.717) is 17.9 Å². The Morgan fingerprint density at radius 3 is 2.39 bits per heavy atom. The highest BCUT2D eigenvalue weighted by Crippen LogP contribution is 2.19. The molecule has 4 nitrogen and oxygen atoms in total. The molecule has 0 aliphatic carbocycles. The Morgan fingerprint density at radius 1 is 1.17 bits per heavy atom. The molecule has 0 aliphatic rings. The van der Waals surface area contributed by atoms with E-state index in [9.17, 15) is 4.79 Å². The highest BCUT2D eigenvalue weighted by molar-refractivity contribution is 6.04. The number of carbonyl (C=O) groups excluding carboxylic acids is 1. The predicted molar refractivity (Wildman–Crippen MR) is 97.0 cm³/mol. The summed E-state index contributed by atoms with van der Waals surface area (Å²) in [6.45, 7) is 10.6. The quantitative estimate of drug-likeness (QED) is 0.634. The predicted octanol–water partition coefficient (Wildman–Crippen LogP) is 4.42. The van der Waals surface area contributed by atoms with E-state index in [1.807, 2.05) is 13.0 Å². The van der Waals surface area contributed by atoms with Gasteiger partial charge in [0.25, 0.3) is 5.91 Å². The normalized spacial score (nSPS) is 9.48. The van der Waals surface area contributed by atoms with Gasteiger partial charge in [0.05, 0.1) is 6.61 Å². The average Bonchev–Trinajstić information content (AvgIpc) is 2.57. The summed E-state index contributed by atoms with van der Waals surface area (Å²) < 4.78 is 5.49. The fourth-order valence-corrected chi connectivity index (χ4v) is 1.94. The minimum Gasteiger partial charge on any atom is -0.494 e. The summed E-state index contributed by atoms with van der Waals surface area (Å²) in [4.78, 5) is 12.2. The van der Waals surface area contributed by atoms with E-state index in [-0.39, 0.29) is 5.91 Å². The van der Waals surface area contributed by atoms with Gasteiger partial charge in [-0.2, -0.15) is 0 Å². The van der Waals surface area contributed by atoms with Crippen LogP contribution in [-0.2, 0) is 0 Å². The van der Waals surface area contributed by atoms with Crippen LogP contribution in [0.3, 0.4) is 0 Å². The Labute approximate surface area is 138 Å². The van der Waals surface area contributed by atoms with Crippen molar-refractivity contribution in [3.63, 3.8) is 0 Å². The van der Waals surface area contributed by atoms with Crippen LogP contribution in [0, 0.1) is 6.92 Å². The molecule has 3 N–H and O–H groups in total. The second kappa shape index (κ2) is 9.30. The molecule has 0 saturated heterocycles. The SMILES string of the molecule is C=C.CCCOc1ccc(C(=O)Nc2ccc(N)cc2C)cc1. The molecule has 1 amide bonds. The van der Waals surface area contributed by atoms with Crippen molar-refractivity contribution in [2.45, 2.75) is 20.3 Å². The first-order valence-corrected chi connectivity index (χ1v) is 7.50. The number of hydrogen-bond donors (Lipinski definition) is 2. The lowest BCUT2D eigenvalue weighted by atomic mass is 10.1. The summed E-state index contributed by atoms with van der Waals surface area (Å²) in [5, 5.41) is 2.88. The number of rotatable bonds is 5. The molecule has 122 valence electrons. The number of nitrogens with one attached hydrogen (secondary N) is 1. The lowest BCUT2D eigenvalue weighted by Gasteiger charge is -2.10. The van der Waals surface area contributed by atoms with E-state index in [2.05, 4.69) is 25.4 Å². The van der Waals surface area contributed by atoms with Gasteiger partial charge in [0, 0.05) is 16.9 Å². The van der Waals surface area contributed by atoms with Crippen LogP contribution in [0.15, 0.2) is 55.6 Å². The third-order valence-electron chi connectivity index (χ3n) is 3.09. The van der Waals surface area contributed by atoms with Crippen LogP contribution in [0.25, 0.3) is 0 Å². The Bertz CT molecular complexity index is 636. The fourth-order valence-electron chi connectivity index (χ4n) is 1.94. The van der Waals surface area contributed by atoms with Crippen LogP contribution in [0.5, 0.6) is 5.75 Å². The van der Waals surface area contributed by atoms with E-state index in [1.54, 1.807) is 36.4 Å². The maximum absolute atomic E-state index is 12.2. The van der Waals surface area contributed by atoms with Gasteiger partial charge in [0.1, 0.15) is 5.75 Å². The fraction of sp³-hybridized carbons (Fsp3) is 0.211. The molecule has 2 aromatic rings. The van der Waals surface area contributed by atoms with E-state index in [0.717, 1.165) is 23.4 Å². The van der Waals surface area contributed by atoms with Crippen molar-refractivity contribution in [3.05, 3.63) is 66.7 Å². The molecule has 0 atom stereocenters. The molecular formula is C19H24N2O2. The monoisotopic (exact) mass is 312 g/mol. The standard InChI is InChI=1S/C17H20N2O2.C2H4/c1-3-10-21-15-7-4-13(5-8-15)17(20)19-16-9-6-14(18)11-12(16)2;1-2/h4-9,11H,3,10,18H2,1-2H3,(H,19,20);1-2H2. The number of amides is 1. The summed E-state index contributed by atoms with van der Waals surface area (Å²) in [6, 6.07) is 12.5. The van der Waals surface area contributed by atoms with E-state index >= 15 is 0 Å². The highest BCUT2D eigenvalue weighted by atomic mass is 16.5. The van der Waals surface area contributed by atoms with Crippen LogP contribution in [0.1, 0.15) is 29.3 Å². The van der Waals surface area contributed by atoms with Gasteiger partial charge >= 0.3 is 0 Å². The van der Waals surface area contributed by atoms with Gasteiger partial charge in [0.15, 0.2) is 0 Å². The molecule has 4 heteroatoms. The Morgan fingerprint density at radius 2 is 1.83 bits per heavy atom. The number of anilines is 2. The van der Waals surface area contributed by atoms with Crippen molar-refractivity contribution in [3.8, 4) is 5.75 Å². The first kappa shape index (κ1) is 18.3. The second-order valence-electron chi connectivity index (χ2n) is 4.90. The van der Waals surface area contributed by atoms with Crippen molar-refractivity contribution < 1.29 is 9.53 Å². The molecule has 0 spiro atoms. The molecule has 2 rings (SSSR count). The first-order chi connectivity index (χ1) is 11.1. The Kier molecular flexibility index (Phi) is 7.40. The molecule has 0 aromatic heterocycles. The topological polar surface area (TPSA) is 64.3 Å². The molecule has 0 fully saturated rings. The van der Waals surface area contributed by atoms with Gasteiger partial charge in [-0.25, -0.2) is 0 Å². The highest BCUT2D eigenvalue weighted by Gasteiger charge is 2.08. The molecule has 0 unspecified atom stereocenters. The third kappa shape index (κ3) is 5.51. The summed E-state index contributed by atoms with van der Waals surface area (Å²) in [5.74, 6) is 0.627. The van der Waals surface area contributed by atoms with Crippen molar-refractivity contribution in [1.82, 2.24) is 0 Å². The molecule has 0 bridgehead atoms. The zero-order valence-corrected chi connectivity index (χ0v) is 13.8. The van der Waals surface area contributed by atoms with Crippen molar-refractivity contribution in [2.24, 2.45) is 0 Å². The molecular weight excluding hydrogens is 288 g/mol. The number of nitrogens with two attached hydrogens (primary N) is 1. The minimum atomic E-state index is -0.148. The van der Waals surface area contributed by atoms with E-state index in [4.69, 9.17) is 10.5 Å². The van der Waals surface area contributed by atoms with Crippen LogP contribution >= 0.6 is 0 Å². The number of benzene rings is 2. The van der Waals surface area contributed by atoms with Crippen LogP contribution in [0.4, 0.5) is 11.4 Å². The van der Waals surface area contributed by atoms with Crippen LogP contribution < -0.4 is 15.8 Å². The summed E-state index contributed by atoms with van der Waals surface area (Å²) in [7, 11) is 0. The maximum atomic E-state index is 12.2. The number of aryl methyl sites for hydroxylation is 1. The van der Waals surface area contributed by atoms with Gasteiger partial charge in [0.2, 0.25) is 0 Å². The Hall–Kier alpha value is -2.75. The van der Waals surface area contributed by atoms with Crippen LogP contribution in [-0.4, -0.2) is 12.5 Å². The number of nitrogen functional groups attached to an aromatic ring is 1. The largest absolute Gasteiger partial charge is 0.494 e. The molecule has 2 aromatic carbocycles. The van der Waals surface area contributed by atoms with Crippen molar-refractivity contribution in [1.29, 1.82) is 0 Å². The van der Waals surface area contributed by atoms with Gasteiger partial charge in [-0.3, -0.25) is 4.79 Å². The molecule has 0 radical (unpaired) electrons. The minimum absolute atomic E-state index is 0.148. The second-order valence-corrected chi connectivity index (χ2v) is 4.90. The first-order valence-electron chi connectivity index (χ1n) is 7.50. The summed E-state index contributed by atoms with van der Waals surface area (Å²) >= 11 is 0. The van der Waals surface area contributed by atoms with Crippen LogP contribution in [0.2, 0.25) is 0 Å². The average molecular weight is 312 g/mol.